The molecule has 1 aromatic carbocycles. The van der Waals surface area contributed by atoms with Crippen molar-refractivity contribution in [1.29, 1.82) is 0 Å². The monoisotopic (exact) mass is 270 g/mol. The zero-order chi connectivity index (χ0) is 14.7. The first-order valence-corrected chi connectivity index (χ1v) is 6.47. The van der Waals surface area contributed by atoms with E-state index in [-0.39, 0.29) is 0 Å². The van der Waals surface area contributed by atoms with Gasteiger partial charge in [0, 0.05) is 11.8 Å². The number of rotatable bonds is 3. The zero-order valence-corrected chi connectivity index (χ0v) is 11.9. The van der Waals surface area contributed by atoms with E-state index in [2.05, 4.69) is 31.0 Å². The van der Waals surface area contributed by atoms with Gasteiger partial charge in [-0.1, -0.05) is 38.1 Å². The van der Waals surface area contributed by atoms with Gasteiger partial charge in [0.1, 0.15) is 5.82 Å². The van der Waals surface area contributed by atoms with E-state index in [1.807, 2.05) is 12.1 Å². The molecule has 1 heterocycles. The zero-order valence-electron chi connectivity index (χ0n) is 11.9. The number of pyridine rings is 1. The van der Waals surface area contributed by atoms with Crippen molar-refractivity contribution in [2.24, 2.45) is 0 Å². The molecule has 0 saturated heterocycles. The van der Waals surface area contributed by atoms with Crippen molar-refractivity contribution in [3.63, 3.8) is 0 Å². The summed E-state index contributed by atoms with van der Waals surface area (Å²) in [5.74, 6) is 0.351. The summed E-state index contributed by atoms with van der Waals surface area (Å²) in [4.78, 5) is 15.9. The van der Waals surface area contributed by atoms with Crippen LogP contribution in [0.2, 0.25) is 0 Å². The maximum Gasteiger partial charge on any atom is 0.338 e. The van der Waals surface area contributed by atoms with Crippen molar-refractivity contribution in [1.82, 2.24) is 4.98 Å². The smallest absolute Gasteiger partial charge is 0.338 e. The number of carbonyl (C=O) groups excluding carboxylic acids is 1. The molecule has 0 fully saturated rings. The van der Waals surface area contributed by atoms with Crippen molar-refractivity contribution < 1.29 is 9.53 Å². The van der Waals surface area contributed by atoms with Gasteiger partial charge in [0.15, 0.2) is 0 Å². The van der Waals surface area contributed by atoms with Crippen LogP contribution in [0.15, 0.2) is 36.5 Å². The van der Waals surface area contributed by atoms with Crippen LogP contribution >= 0.6 is 0 Å². The number of hydrogen-bond acceptors (Lipinski definition) is 4. The fourth-order valence-corrected chi connectivity index (χ4v) is 2.03. The molecule has 0 aliphatic heterocycles. The highest BCUT2D eigenvalue weighted by Crippen LogP contribution is 2.26. The summed E-state index contributed by atoms with van der Waals surface area (Å²) >= 11 is 0. The first kappa shape index (κ1) is 14.1. The number of aromatic nitrogens is 1. The van der Waals surface area contributed by atoms with Gasteiger partial charge in [-0.05, 0) is 23.1 Å². The number of hydrogen-bond donors (Lipinski definition) is 1. The van der Waals surface area contributed by atoms with Gasteiger partial charge < -0.3 is 10.5 Å². The molecule has 20 heavy (non-hydrogen) atoms. The van der Waals surface area contributed by atoms with Crippen LogP contribution in [-0.4, -0.2) is 18.1 Å². The van der Waals surface area contributed by atoms with E-state index < -0.39 is 5.97 Å². The minimum atomic E-state index is -0.415. The Labute approximate surface area is 118 Å². The molecule has 0 saturated carbocycles. The maximum atomic E-state index is 11.8. The summed E-state index contributed by atoms with van der Waals surface area (Å²) in [5.41, 5.74) is 8.96. The molecule has 0 unspecified atom stereocenters. The summed E-state index contributed by atoms with van der Waals surface area (Å²) in [6, 6.07) is 9.61. The molecule has 2 aromatic rings. The molecule has 104 valence electrons. The molecule has 0 amide bonds. The minimum Gasteiger partial charge on any atom is -0.465 e. The van der Waals surface area contributed by atoms with Gasteiger partial charge in [-0.2, -0.15) is 0 Å². The minimum absolute atomic E-state index is 0.299. The Morgan fingerprint density at radius 2 is 1.90 bits per heavy atom. The Morgan fingerprint density at radius 3 is 2.45 bits per heavy atom. The maximum absolute atomic E-state index is 11.8. The van der Waals surface area contributed by atoms with E-state index in [0.717, 1.165) is 11.1 Å². The van der Waals surface area contributed by atoms with Gasteiger partial charge in [0.25, 0.3) is 0 Å². The third kappa shape index (κ3) is 2.79. The Bertz CT molecular complexity index is 619. The second-order valence-corrected chi connectivity index (χ2v) is 4.92. The van der Waals surface area contributed by atoms with Crippen molar-refractivity contribution in [3.05, 3.63) is 47.7 Å². The molecule has 4 heteroatoms. The largest absolute Gasteiger partial charge is 0.465 e. The fourth-order valence-electron chi connectivity index (χ4n) is 2.03. The number of benzene rings is 1. The first-order valence-electron chi connectivity index (χ1n) is 6.47. The number of nitrogen functional groups attached to an aromatic ring is 1. The molecule has 4 nitrogen and oxygen atoms in total. The first-order chi connectivity index (χ1) is 9.52. The van der Waals surface area contributed by atoms with Crippen LogP contribution in [0.5, 0.6) is 0 Å². The standard InChI is InChI=1S/C16H18N2O2/c1-10(2)11-4-6-12(7-5-11)14-9-18-15(17)8-13(14)16(19)20-3/h4-10H,1-3H3,(H2,17,18). The molecule has 0 aliphatic rings. The second-order valence-electron chi connectivity index (χ2n) is 4.92. The van der Waals surface area contributed by atoms with Crippen LogP contribution in [0, 0.1) is 0 Å². The predicted octanol–water partition coefficient (Wildman–Crippen LogP) is 3.24. The highest BCUT2D eigenvalue weighted by molar-refractivity contribution is 5.97. The highest BCUT2D eigenvalue weighted by Gasteiger charge is 2.14. The number of esters is 1. The number of nitrogens with two attached hydrogens (primary N) is 1. The lowest BCUT2D eigenvalue weighted by molar-refractivity contribution is 0.0601. The quantitative estimate of drug-likeness (QED) is 0.869. The van der Waals surface area contributed by atoms with Crippen LogP contribution in [-0.2, 0) is 4.74 Å². The Morgan fingerprint density at radius 1 is 1.25 bits per heavy atom. The van der Waals surface area contributed by atoms with Crippen LogP contribution in [0.25, 0.3) is 11.1 Å². The molecule has 0 bridgehead atoms. The Kier molecular flexibility index (Phi) is 4.03. The average molecular weight is 270 g/mol. The molecular weight excluding hydrogens is 252 g/mol. The van der Waals surface area contributed by atoms with Gasteiger partial charge in [0.2, 0.25) is 0 Å². The fraction of sp³-hybridized carbons (Fsp3) is 0.250. The van der Waals surface area contributed by atoms with Crippen LogP contribution in [0.1, 0.15) is 35.7 Å². The lowest BCUT2D eigenvalue weighted by Gasteiger charge is -2.10. The van der Waals surface area contributed by atoms with Gasteiger partial charge in [-0.25, -0.2) is 9.78 Å². The van der Waals surface area contributed by atoms with Crippen molar-refractivity contribution >= 4 is 11.8 Å². The second kappa shape index (κ2) is 5.74. The molecule has 1 aromatic heterocycles. The van der Waals surface area contributed by atoms with E-state index in [0.29, 0.717) is 17.3 Å². The SMILES string of the molecule is COC(=O)c1cc(N)ncc1-c1ccc(C(C)C)cc1. The summed E-state index contributed by atoms with van der Waals surface area (Å²) in [6.45, 7) is 4.28. The average Bonchev–Trinajstić information content (AvgIpc) is 2.46. The van der Waals surface area contributed by atoms with Crippen LogP contribution in [0.3, 0.4) is 0 Å². The van der Waals surface area contributed by atoms with Crippen molar-refractivity contribution in [2.45, 2.75) is 19.8 Å². The number of ether oxygens (including phenoxy) is 1. The van der Waals surface area contributed by atoms with Gasteiger partial charge in [-0.15, -0.1) is 0 Å². The highest BCUT2D eigenvalue weighted by atomic mass is 16.5. The van der Waals surface area contributed by atoms with E-state index in [4.69, 9.17) is 10.5 Å². The summed E-state index contributed by atoms with van der Waals surface area (Å²) in [5, 5.41) is 0. The normalized spacial score (nSPS) is 10.6. The van der Waals surface area contributed by atoms with E-state index in [9.17, 15) is 4.79 Å². The van der Waals surface area contributed by atoms with Crippen LogP contribution in [0.4, 0.5) is 5.82 Å². The van der Waals surface area contributed by atoms with Gasteiger partial charge >= 0.3 is 5.97 Å². The summed E-state index contributed by atoms with van der Waals surface area (Å²) < 4.78 is 4.79. The molecule has 0 atom stereocenters. The third-order valence-corrected chi connectivity index (χ3v) is 3.22. The van der Waals surface area contributed by atoms with Gasteiger partial charge in [-0.3, -0.25) is 0 Å². The molecule has 2 rings (SSSR count). The summed E-state index contributed by atoms with van der Waals surface area (Å²) in [6.07, 6.45) is 1.60. The van der Waals surface area contributed by atoms with E-state index >= 15 is 0 Å². The topological polar surface area (TPSA) is 65.2 Å². The Balaban J connectivity index is 2.49. The number of anilines is 1. The van der Waals surface area contributed by atoms with Crippen molar-refractivity contribution in [2.75, 3.05) is 12.8 Å². The number of carbonyl (C=O) groups is 1. The number of nitrogens with zero attached hydrogens (tertiary/aromatic N) is 1. The molecular formula is C16H18N2O2. The molecule has 0 spiro atoms. The van der Waals surface area contributed by atoms with Crippen LogP contribution < -0.4 is 5.73 Å². The molecule has 0 aliphatic carbocycles. The molecule has 2 N–H and O–H groups in total. The van der Waals surface area contributed by atoms with E-state index in [1.54, 1.807) is 6.20 Å². The number of methoxy groups -OCH3 is 1. The lowest BCUT2D eigenvalue weighted by Crippen LogP contribution is -2.06. The van der Waals surface area contributed by atoms with E-state index in [1.165, 1.54) is 18.7 Å². The Hall–Kier alpha value is -2.36. The lowest BCUT2D eigenvalue weighted by atomic mass is 9.97. The van der Waals surface area contributed by atoms with Gasteiger partial charge in [0.05, 0.1) is 12.7 Å². The summed E-state index contributed by atoms with van der Waals surface area (Å²) in [7, 11) is 1.35. The predicted molar refractivity (Wildman–Crippen MR) is 79.5 cm³/mol. The third-order valence-electron chi connectivity index (χ3n) is 3.22. The molecule has 0 radical (unpaired) electrons. The van der Waals surface area contributed by atoms with Crippen molar-refractivity contribution in [3.8, 4) is 11.1 Å².